The Morgan fingerprint density at radius 1 is 0.600 bits per heavy atom. The minimum atomic E-state index is -0.767. The molecule has 40 heavy (non-hydrogen) atoms. The van der Waals surface area contributed by atoms with E-state index in [0.29, 0.717) is 11.6 Å². The number of nitrogens with two attached hydrogens (primary N) is 1. The van der Waals surface area contributed by atoms with Crippen molar-refractivity contribution in [1.29, 1.82) is 0 Å². The molecule has 0 spiro atoms. The highest BCUT2D eigenvalue weighted by Crippen LogP contribution is 2.43. The summed E-state index contributed by atoms with van der Waals surface area (Å²) in [7, 11) is 0. The van der Waals surface area contributed by atoms with Gasteiger partial charge in [-0.2, -0.15) is 5.10 Å². The van der Waals surface area contributed by atoms with E-state index < -0.39 is 5.54 Å². The zero-order valence-corrected chi connectivity index (χ0v) is 21.7. The third kappa shape index (κ3) is 3.87. The van der Waals surface area contributed by atoms with E-state index in [9.17, 15) is 0 Å². The third-order valence-corrected chi connectivity index (χ3v) is 7.34. The van der Waals surface area contributed by atoms with Gasteiger partial charge in [-0.1, -0.05) is 115 Å². The molecule has 5 heteroatoms. The van der Waals surface area contributed by atoms with E-state index in [1.807, 2.05) is 66.7 Å². The molecule has 0 atom stereocenters. The summed E-state index contributed by atoms with van der Waals surface area (Å²) in [6, 6.07) is 47.0. The molecule has 5 aromatic carbocycles. The number of hydrogen-bond acceptors (Lipinski definition) is 4. The lowest BCUT2D eigenvalue weighted by Crippen LogP contribution is -2.38. The summed E-state index contributed by atoms with van der Waals surface area (Å²) in [6.07, 6.45) is 2.06. The molecule has 0 aliphatic rings. The van der Waals surface area contributed by atoms with Gasteiger partial charge in [0.2, 0.25) is 5.89 Å². The number of rotatable bonds is 6. The second-order valence-corrected chi connectivity index (χ2v) is 9.75. The standard InChI is InChI=1S/C35H26N4O/c36-29-22-20-25(21-23-29)33-30(34-37-31-18-10-11-19-32(31)40-34)24-39(38-33)35(26-12-4-1-5-13-26,27-14-6-2-7-15-27)28-16-8-3-9-17-28/h1-24H,36H2. The Balaban J connectivity index is 1.58. The highest BCUT2D eigenvalue weighted by atomic mass is 16.3. The lowest BCUT2D eigenvalue weighted by molar-refractivity contribution is 0.461. The van der Waals surface area contributed by atoms with Crippen LogP contribution in [0.25, 0.3) is 33.8 Å². The molecule has 0 fully saturated rings. The molecule has 2 heterocycles. The Hall–Kier alpha value is -5.42. The molecule has 0 bridgehead atoms. The second kappa shape index (κ2) is 9.71. The molecule has 0 amide bonds. The zero-order valence-electron chi connectivity index (χ0n) is 21.7. The van der Waals surface area contributed by atoms with Crippen LogP contribution >= 0.6 is 0 Å². The quantitative estimate of drug-likeness (QED) is 0.180. The zero-order chi connectivity index (χ0) is 26.9. The first-order valence-electron chi connectivity index (χ1n) is 13.2. The summed E-state index contributed by atoms with van der Waals surface area (Å²) < 4.78 is 8.35. The van der Waals surface area contributed by atoms with Crippen LogP contribution in [0.5, 0.6) is 0 Å². The predicted octanol–water partition coefficient (Wildman–Crippen LogP) is 7.78. The van der Waals surface area contributed by atoms with Crippen LogP contribution in [0, 0.1) is 0 Å². The Labute approximate surface area is 232 Å². The molecular formula is C35H26N4O. The smallest absolute Gasteiger partial charge is 0.231 e. The number of anilines is 1. The molecule has 7 rings (SSSR count). The van der Waals surface area contributed by atoms with E-state index in [1.165, 1.54) is 0 Å². The van der Waals surface area contributed by atoms with Crippen molar-refractivity contribution < 1.29 is 4.42 Å². The number of aromatic nitrogens is 3. The molecule has 0 aliphatic heterocycles. The number of hydrogen-bond donors (Lipinski definition) is 1. The molecule has 0 radical (unpaired) electrons. The minimum Gasteiger partial charge on any atom is -0.436 e. The first kappa shape index (κ1) is 23.7. The van der Waals surface area contributed by atoms with Gasteiger partial charge < -0.3 is 10.2 Å². The molecular weight excluding hydrogens is 492 g/mol. The van der Waals surface area contributed by atoms with Gasteiger partial charge in [-0.3, -0.25) is 4.68 Å². The van der Waals surface area contributed by atoms with Gasteiger partial charge in [0, 0.05) is 17.4 Å². The van der Waals surface area contributed by atoms with Gasteiger partial charge >= 0.3 is 0 Å². The largest absolute Gasteiger partial charge is 0.436 e. The van der Waals surface area contributed by atoms with E-state index in [4.69, 9.17) is 20.2 Å². The highest BCUT2D eigenvalue weighted by molar-refractivity contribution is 5.82. The molecule has 5 nitrogen and oxygen atoms in total. The van der Waals surface area contributed by atoms with Crippen LogP contribution in [0.4, 0.5) is 5.69 Å². The topological polar surface area (TPSA) is 69.9 Å². The monoisotopic (exact) mass is 518 g/mol. The lowest BCUT2D eigenvalue weighted by Gasteiger charge is -2.36. The van der Waals surface area contributed by atoms with E-state index in [-0.39, 0.29) is 0 Å². The van der Waals surface area contributed by atoms with Crippen molar-refractivity contribution in [2.75, 3.05) is 5.73 Å². The van der Waals surface area contributed by atoms with Gasteiger partial charge in [0.15, 0.2) is 5.58 Å². The summed E-state index contributed by atoms with van der Waals surface area (Å²) in [5.41, 5.74) is 13.3. The van der Waals surface area contributed by atoms with Crippen molar-refractivity contribution in [2.45, 2.75) is 5.54 Å². The fourth-order valence-corrected chi connectivity index (χ4v) is 5.48. The molecule has 0 aliphatic carbocycles. The normalized spacial score (nSPS) is 11.6. The van der Waals surface area contributed by atoms with Crippen LogP contribution in [-0.4, -0.2) is 14.8 Å². The van der Waals surface area contributed by atoms with Gasteiger partial charge in [-0.05, 0) is 41.0 Å². The summed E-state index contributed by atoms with van der Waals surface area (Å²) in [4.78, 5) is 4.86. The highest BCUT2D eigenvalue weighted by Gasteiger charge is 2.40. The van der Waals surface area contributed by atoms with Gasteiger partial charge in [0.1, 0.15) is 16.7 Å². The van der Waals surface area contributed by atoms with Gasteiger partial charge in [-0.15, -0.1) is 0 Å². The van der Waals surface area contributed by atoms with Crippen LogP contribution in [-0.2, 0) is 5.54 Å². The lowest BCUT2D eigenvalue weighted by atomic mass is 9.77. The Kier molecular flexibility index (Phi) is 5.75. The molecule has 2 N–H and O–H groups in total. The van der Waals surface area contributed by atoms with Crippen molar-refractivity contribution >= 4 is 16.8 Å². The van der Waals surface area contributed by atoms with Crippen LogP contribution in [0.2, 0.25) is 0 Å². The van der Waals surface area contributed by atoms with Crippen LogP contribution < -0.4 is 5.73 Å². The van der Waals surface area contributed by atoms with Gasteiger partial charge in [0.25, 0.3) is 0 Å². The minimum absolute atomic E-state index is 0.516. The number of nitrogen functional groups attached to an aromatic ring is 1. The maximum atomic E-state index is 6.29. The number of benzene rings is 5. The molecule has 0 unspecified atom stereocenters. The van der Waals surface area contributed by atoms with E-state index in [1.54, 1.807) is 0 Å². The maximum Gasteiger partial charge on any atom is 0.231 e. The first-order valence-corrected chi connectivity index (χ1v) is 13.2. The summed E-state index contributed by atoms with van der Waals surface area (Å²) in [5.74, 6) is 0.516. The van der Waals surface area contributed by atoms with Gasteiger partial charge in [0.05, 0.1) is 5.56 Å². The van der Waals surface area contributed by atoms with Crippen molar-refractivity contribution in [1.82, 2.24) is 14.8 Å². The van der Waals surface area contributed by atoms with E-state index >= 15 is 0 Å². The second-order valence-electron chi connectivity index (χ2n) is 9.75. The fraction of sp³-hybridized carbons (Fsp3) is 0.0286. The summed E-state index contributed by atoms with van der Waals surface area (Å²) in [5, 5.41) is 5.33. The number of para-hydroxylation sites is 2. The van der Waals surface area contributed by atoms with Crippen molar-refractivity contribution in [3.63, 3.8) is 0 Å². The number of fused-ring (bicyclic) bond motifs is 1. The molecule has 7 aromatic rings. The Bertz CT molecular complexity index is 1760. The fourth-order valence-electron chi connectivity index (χ4n) is 5.48. The van der Waals surface area contributed by atoms with E-state index in [0.717, 1.165) is 44.6 Å². The van der Waals surface area contributed by atoms with Crippen LogP contribution in [0.3, 0.4) is 0 Å². The van der Waals surface area contributed by atoms with Gasteiger partial charge in [-0.25, -0.2) is 4.98 Å². The van der Waals surface area contributed by atoms with Crippen molar-refractivity contribution in [3.05, 3.63) is 162 Å². The number of oxazole rings is 1. The SMILES string of the molecule is Nc1ccc(-c2nn(C(c3ccccc3)(c3ccccc3)c3ccccc3)cc2-c2nc3ccccc3o2)cc1. The molecule has 192 valence electrons. The Morgan fingerprint density at radius 2 is 1.12 bits per heavy atom. The Morgan fingerprint density at radius 3 is 1.68 bits per heavy atom. The summed E-state index contributed by atoms with van der Waals surface area (Å²) >= 11 is 0. The van der Waals surface area contributed by atoms with Crippen LogP contribution in [0.1, 0.15) is 16.7 Å². The summed E-state index contributed by atoms with van der Waals surface area (Å²) in [6.45, 7) is 0. The average Bonchev–Trinajstić information content (AvgIpc) is 3.65. The van der Waals surface area contributed by atoms with Crippen LogP contribution in [0.15, 0.2) is 150 Å². The third-order valence-electron chi connectivity index (χ3n) is 7.34. The molecule has 0 saturated heterocycles. The van der Waals surface area contributed by atoms with E-state index in [2.05, 4.69) is 83.7 Å². The average molecular weight is 519 g/mol. The van der Waals surface area contributed by atoms with Crippen molar-refractivity contribution in [3.8, 4) is 22.7 Å². The number of nitrogens with zero attached hydrogens (tertiary/aromatic N) is 3. The first-order chi connectivity index (χ1) is 19.7. The maximum absolute atomic E-state index is 6.29. The van der Waals surface area contributed by atoms with Crippen molar-refractivity contribution in [2.24, 2.45) is 0 Å². The molecule has 2 aromatic heterocycles. The predicted molar refractivity (Wildman–Crippen MR) is 160 cm³/mol. The molecule has 0 saturated carbocycles.